The van der Waals surface area contributed by atoms with E-state index in [9.17, 15) is 0 Å². The molecule has 0 spiro atoms. The van der Waals surface area contributed by atoms with Crippen LogP contribution in [-0.4, -0.2) is 19.0 Å². The largest absolute Gasteiger partial charge is 0.352 e. The van der Waals surface area contributed by atoms with Crippen molar-refractivity contribution in [2.75, 3.05) is 6.79 Å². The molecule has 0 radical (unpaired) electrons. The van der Waals surface area contributed by atoms with E-state index in [1.54, 1.807) is 0 Å². The Hall–Kier alpha value is -0.0800. The van der Waals surface area contributed by atoms with Crippen LogP contribution >= 0.6 is 0 Å². The van der Waals surface area contributed by atoms with Gasteiger partial charge in [-0.2, -0.15) is 0 Å². The second-order valence-corrected chi connectivity index (χ2v) is 2.31. The second-order valence-electron chi connectivity index (χ2n) is 2.31. The third-order valence-corrected chi connectivity index (χ3v) is 1.37. The van der Waals surface area contributed by atoms with Gasteiger partial charge in [-0.25, -0.2) is 0 Å². The third-order valence-electron chi connectivity index (χ3n) is 1.37. The first-order valence-corrected chi connectivity index (χ1v) is 3.02. The van der Waals surface area contributed by atoms with Gasteiger partial charge < -0.3 is 9.47 Å². The molecule has 1 fully saturated rings. The summed E-state index contributed by atoms with van der Waals surface area (Å²) in [6, 6.07) is 0. The van der Waals surface area contributed by atoms with Gasteiger partial charge >= 0.3 is 0 Å². The minimum Gasteiger partial charge on any atom is -0.352 e. The van der Waals surface area contributed by atoms with E-state index in [0.717, 1.165) is 6.42 Å². The topological polar surface area (TPSA) is 18.5 Å². The van der Waals surface area contributed by atoms with E-state index < -0.39 is 0 Å². The average Bonchev–Trinajstić information content (AvgIpc) is 1.64. The number of hydrogen-bond donors (Lipinski definition) is 0. The molecule has 1 aliphatic heterocycles. The summed E-state index contributed by atoms with van der Waals surface area (Å²) in [6.07, 6.45) is 1.80. The lowest BCUT2D eigenvalue weighted by atomic mass is 10.2. The highest BCUT2D eigenvalue weighted by Gasteiger charge is 2.14. The molecule has 0 amide bonds. The summed E-state index contributed by atoms with van der Waals surface area (Å²) >= 11 is 0. The number of hydrogen-bond acceptors (Lipinski definition) is 2. The van der Waals surface area contributed by atoms with Crippen molar-refractivity contribution >= 4 is 0 Å². The molecule has 1 rings (SSSR count). The zero-order chi connectivity index (χ0) is 5.98. The van der Waals surface area contributed by atoms with E-state index in [2.05, 4.69) is 13.8 Å². The van der Waals surface area contributed by atoms with Crippen LogP contribution in [0.5, 0.6) is 0 Å². The van der Waals surface area contributed by atoms with Gasteiger partial charge in [-0.15, -0.1) is 0 Å². The SMILES string of the molecule is C[C@@H]1C[C@@H](C)OCO1. The van der Waals surface area contributed by atoms with Crippen molar-refractivity contribution in [1.29, 1.82) is 0 Å². The van der Waals surface area contributed by atoms with Crippen LogP contribution in [0.15, 0.2) is 0 Å². The smallest absolute Gasteiger partial charge is 0.147 e. The highest BCUT2D eigenvalue weighted by molar-refractivity contribution is 4.59. The highest BCUT2D eigenvalue weighted by atomic mass is 16.7. The Morgan fingerprint density at radius 2 is 1.62 bits per heavy atom. The van der Waals surface area contributed by atoms with Crippen molar-refractivity contribution in [1.82, 2.24) is 0 Å². The highest BCUT2D eigenvalue weighted by Crippen LogP contribution is 2.10. The van der Waals surface area contributed by atoms with Crippen LogP contribution in [-0.2, 0) is 9.47 Å². The maximum atomic E-state index is 5.13. The first-order valence-electron chi connectivity index (χ1n) is 3.02. The first-order chi connectivity index (χ1) is 3.79. The standard InChI is InChI=1S/C6H12O2/c1-5-3-6(2)8-4-7-5/h5-6H,3-4H2,1-2H3/t5-,6-/m1/s1. The van der Waals surface area contributed by atoms with Crippen molar-refractivity contribution in [3.05, 3.63) is 0 Å². The normalized spacial score (nSPS) is 39.8. The fraction of sp³-hybridized carbons (Fsp3) is 1.00. The van der Waals surface area contributed by atoms with Gasteiger partial charge in [-0.3, -0.25) is 0 Å². The molecular formula is C6H12O2. The molecule has 48 valence electrons. The summed E-state index contributed by atoms with van der Waals surface area (Å²) in [5.41, 5.74) is 0. The maximum Gasteiger partial charge on any atom is 0.147 e. The molecule has 0 bridgehead atoms. The summed E-state index contributed by atoms with van der Waals surface area (Å²) in [6.45, 7) is 4.61. The Morgan fingerprint density at radius 1 is 1.12 bits per heavy atom. The summed E-state index contributed by atoms with van der Waals surface area (Å²) in [5, 5.41) is 0. The fourth-order valence-electron chi connectivity index (χ4n) is 0.875. The molecule has 2 nitrogen and oxygen atoms in total. The lowest BCUT2D eigenvalue weighted by Gasteiger charge is -2.24. The molecule has 2 atom stereocenters. The van der Waals surface area contributed by atoms with E-state index in [1.165, 1.54) is 0 Å². The van der Waals surface area contributed by atoms with Crippen molar-refractivity contribution in [3.8, 4) is 0 Å². The third kappa shape index (κ3) is 1.46. The molecule has 8 heavy (non-hydrogen) atoms. The summed E-state index contributed by atoms with van der Waals surface area (Å²) < 4.78 is 10.3. The molecule has 1 aliphatic rings. The predicted octanol–water partition coefficient (Wildman–Crippen LogP) is 1.16. The number of rotatable bonds is 0. The Labute approximate surface area is 49.8 Å². The summed E-state index contributed by atoms with van der Waals surface area (Å²) in [4.78, 5) is 0. The second kappa shape index (κ2) is 2.46. The first kappa shape index (κ1) is 6.05. The van der Waals surface area contributed by atoms with E-state index in [0.29, 0.717) is 19.0 Å². The lowest BCUT2D eigenvalue weighted by Crippen LogP contribution is -2.26. The van der Waals surface area contributed by atoms with Gasteiger partial charge in [0.25, 0.3) is 0 Å². The molecule has 0 unspecified atom stereocenters. The fourth-order valence-corrected chi connectivity index (χ4v) is 0.875. The Balaban J connectivity index is 2.23. The zero-order valence-corrected chi connectivity index (χ0v) is 5.39. The maximum absolute atomic E-state index is 5.13. The van der Waals surface area contributed by atoms with Crippen LogP contribution in [0.1, 0.15) is 20.3 Å². The quantitative estimate of drug-likeness (QED) is 0.472. The van der Waals surface area contributed by atoms with Crippen LogP contribution in [0.2, 0.25) is 0 Å². The van der Waals surface area contributed by atoms with Gasteiger partial charge in [0, 0.05) is 0 Å². The molecule has 0 N–H and O–H groups in total. The van der Waals surface area contributed by atoms with Crippen molar-refractivity contribution in [2.24, 2.45) is 0 Å². The molecule has 0 aliphatic carbocycles. The Bertz CT molecular complexity index is 64.9. The van der Waals surface area contributed by atoms with Crippen molar-refractivity contribution in [3.63, 3.8) is 0 Å². The number of ether oxygens (including phenoxy) is 2. The van der Waals surface area contributed by atoms with E-state index in [1.807, 2.05) is 0 Å². The molecule has 2 heteroatoms. The summed E-state index contributed by atoms with van der Waals surface area (Å²) in [5.74, 6) is 0. The van der Waals surface area contributed by atoms with Gasteiger partial charge in [0.2, 0.25) is 0 Å². The molecular weight excluding hydrogens is 104 g/mol. The van der Waals surface area contributed by atoms with Crippen LogP contribution in [0.25, 0.3) is 0 Å². The molecule has 0 aromatic carbocycles. The lowest BCUT2D eigenvalue weighted by molar-refractivity contribution is -0.164. The Morgan fingerprint density at radius 3 is 1.88 bits per heavy atom. The van der Waals surface area contributed by atoms with E-state index in [4.69, 9.17) is 9.47 Å². The minimum atomic E-state index is 0.388. The average molecular weight is 116 g/mol. The van der Waals surface area contributed by atoms with Crippen molar-refractivity contribution in [2.45, 2.75) is 32.5 Å². The van der Waals surface area contributed by atoms with E-state index in [-0.39, 0.29) is 0 Å². The minimum absolute atomic E-state index is 0.388. The van der Waals surface area contributed by atoms with Gasteiger partial charge in [-0.05, 0) is 20.3 Å². The van der Waals surface area contributed by atoms with Crippen molar-refractivity contribution < 1.29 is 9.47 Å². The van der Waals surface area contributed by atoms with Gasteiger partial charge in [0.05, 0.1) is 12.2 Å². The van der Waals surface area contributed by atoms with Crippen LogP contribution in [0, 0.1) is 0 Å². The predicted molar refractivity (Wildman–Crippen MR) is 30.6 cm³/mol. The molecule has 0 aromatic rings. The molecule has 1 saturated heterocycles. The van der Waals surface area contributed by atoms with Gasteiger partial charge in [0.15, 0.2) is 0 Å². The van der Waals surface area contributed by atoms with Gasteiger partial charge in [-0.1, -0.05) is 0 Å². The monoisotopic (exact) mass is 116 g/mol. The van der Waals surface area contributed by atoms with E-state index >= 15 is 0 Å². The van der Waals surface area contributed by atoms with Gasteiger partial charge in [0.1, 0.15) is 6.79 Å². The van der Waals surface area contributed by atoms with Crippen LogP contribution in [0.3, 0.4) is 0 Å². The van der Waals surface area contributed by atoms with Crippen LogP contribution in [0.4, 0.5) is 0 Å². The molecule has 0 saturated carbocycles. The Kier molecular flexibility index (Phi) is 1.86. The van der Waals surface area contributed by atoms with Crippen LogP contribution < -0.4 is 0 Å². The molecule has 1 heterocycles. The zero-order valence-electron chi connectivity index (χ0n) is 5.39. The summed E-state index contributed by atoms with van der Waals surface area (Å²) in [7, 11) is 0. The molecule has 0 aromatic heterocycles.